The summed E-state index contributed by atoms with van der Waals surface area (Å²) in [6, 6.07) is 15.1. The lowest BCUT2D eigenvalue weighted by atomic mass is 10.1. The molecule has 2 amide bonds. The summed E-state index contributed by atoms with van der Waals surface area (Å²) in [5, 5.41) is 3.36. The molecule has 28 heavy (non-hydrogen) atoms. The van der Waals surface area contributed by atoms with Gasteiger partial charge in [0.25, 0.3) is 0 Å². The van der Waals surface area contributed by atoms with Crippen molar-refractivity contribution in [2.75, 3.05) is 12.8 Å². The highest BCUT2D eigenvalue weighted by atomic mass is 35.5. The van der Waals surface area contributed by atoms with Crippen LogP contribution < -0.4 is 5.32 Å². The molecule has 0 unspecified atom stereocenters. The molecule has 0 aliphatic carbocycles. The first-order valence-electron chi connectivity index (χ1n) is 9.36. The first kappa shape index (κ1) is 22.3. The standard InChI is InChI=1S/C22H27ClN2O2S/c1-16-7-4-5-8-18(16)15-25(17(2)22(27)24-3)21(26)9-6-14-28-20-12-10-19(23)11-13-20/h4-5,7-8,10-13,17H,6,9,14-15H2,1-3H3,(H,24,27)/t17-/m1/s1. The lowest BCUT2D eigenvalue weighted by Crippen LogP contribution is -2.46. The molecule has 0 radical (unpaired) electrons. The van der Waals surface area contributed by atoms with E-state index in [1.54, 1.807) is 30.6 Å². The van der Waals surface area contributed by atoms with Crippen molar-refractivity contribution in [2.45, 2.75) is 44.2 Å². The molecule has 0 saturated heterocycles. The molecule has 0 aromatic heterocycles. The third-order valence-corrected chi connectivity index (χ3v) is 5.98. The summed E-state index contributed by atoms with van der Waals surface area (Å²) in [6.45, 7) is 4.23. The normalized spacial score (nSPS) is 11.7. The van der Waals surface area contributed by atoms with E-state index in [9.17, 15) is 9.59 Å². The van der Waals surface area contributed by atoms with Crippen molar-refractivity contribution in [1.82, 2.24) is 10.2 Å². The molecule has 1 N–H and O–H groups in total. The van der Waals surface area contributed by atoms with E-state index < -0.39 is 6.04 Å². The van der Waals surface area contributed by atoms with Crippen LogP contribution in [-0.4, -0.2) is 35.6 Å². The second-order valence-electron chi connectivity index (χ2n) is 6.64. The number of carbonyl (C=O) groups excluding carboxylic acids is 2. The van der Waals surface area contributed by atoms with Gasteiger partial charge in [-0.15, -0.1) is 11.8 Å². The topological polar surface area (TPSA) is 49.4 Å². The van der Waals surface area contributed by atoms with E-state index in [4.69, 9.17) is 11.6 Å². The van der Waals surface area contributed by atoms with Gasteiger partial charge in [0.2, 0.25) is 11.8 Å². The first-order chi connectivity index (χ1) is 13.4. The SMILES string of the molecule is CNC(=O)[C@@H](C)N(Cc1ccccc1C)C(=O)CCCSc1ccc(Cl)cc1. The van der Waals surface area contributed by atoms with E-state index in [0.29, 0.717) is 13.0 Å². The van der Waals surface area contributed by atoms with E-state index in [2.05, 4.69) is 5.32 Å². The van der Waals surface area contributed by atoms with Gasteiger partial charge >= 0.3 is 0 Å². The van der Waals surface area contributed by atoms with Crippen LogP contribution in [0.25, 0.3) is 0 Å². The molecule has 0 aliphatic rings. The van der Waals surface area contributed by atoms with Gasteiger partial charge in [-0.3, -0.25) is 9.59 Å². The van der Waals surface area contributed by atoms with Crippen LogP contribution in [0.2, 0.25) is 5.02 Å². The van der Waals surface area contributed by atoms with Gasteiger partial charge < -0.3 is 10.2 Å². The van der Waals surface area contributed by atoms with Gasteiger partial charge in [-0.25, -0.2) is 0 Å². The Bertz CT molecular complexity index is 795. The second kappa shape index (κ2) is 11.1. The maximum atomic E-state index is 12.9. The number of amides is 2. The Morgan fingerprint density at radius 2 is 1.82 bits per heavy atom. The number of aryl methyl sites for hydroxylation is 1. The predicted molar refractivity (Wildman–Crippen MR) is 117 cm³/mol. The Hall–Kier alpha value is -1.98. The Morgan fingerprint density at radius 1 is 1.14 bits per heavy atom. The van der Waals surface area contributed by atoms with E-state index in [1.165, 1.54) is 0 Å². The summed E-state index contributed by atoms with van der Waals surface area (Å²) >= 11 is 7.60. The van der Waals surface area contributed by atoms with Crippen molar-refractivity contribution >= 4 is 35.2 Å². The molecule has 0 spiro atoms. The van der Waals surface area contributed by atoms with Crippen LogP contribution in [0.5, 0.6) is 0 Å². The van der Waals surface area contributed by atoms with E-state index in [-0.39, 0.29) is 11.8 Å². The minimum absolute atomic E-state index is 0.00365. The smallest absolute Gasteiger partial charge is 0.242 e. The molecule has 4 nitrogen and oxygen atoms in total. The Balaban J connectivity index is 1.97. The summed E-state index contributed by atoms with van der Waals surface area (Å²) in [5.74, 6) is 0.675. The quantitative estimate of drug-likeness (QED) is 0.475. The molecule has 0 fully saturated rings. The fourth-order valence-corrected chi connectivity index (χ4v) is 3.83. The molecule has 0 saturated carbocycles. The highest BCUT2D eigenvalue weighted by Crippen LogP contribution is 2.22. The van der Waals surface area contributed by atoms with Gasteiger partial charge in [-0.1, -0.05) is 35.9 Å². The molecule has 2 aromatic carbocycles. The summed E-state index contributed by atoms with van der Waals surface area (Å²) in [7, 11) is 1.60. The van der Waals surface area contributed by atoms with E-state index >= 15 is 0 Å². The zero-order valence-electron chi connectivity index (χ0n) is 16.6. The average molecular weight is 419 g/mol. The van der Waals surface area contributed by atoms with Crippen molar-refractivity contribution < 1.29 is 9.59 Å². The number of nitrogens with zero attached hydrogens (tertiary/aromatic N) is 1. The Morgan fingerprint density at radius 3 is 2.46 bits per heavy atom. The summed E-state index contributed by atoms with van der Waals surface area (Å²) in [4.78, 5) is 27.9. The largest absolute Gasteiger partial charge is 0.357 e. The first-order valence-corrected chi connectivity index (χ1v) is 10.7. The number of likely N-dealkylation sites (N-methyl/N-ethyl adjacent to an activating group) is 1. The number of benzene rings is 2. The van der Waals surface area contributed by atoms with Crippen LogP contribution in [-0.2, 0) is 16.1 Å². The molecule has 2 aromatic rings. The third kappa shape index (κ3) is 6.57. The van der Waals surface area contributed by atoms with Crippen molar-refractivity contribution in [1.29, 1.82) is 0 Å². The van der Waals surface area contributed by atoms with Gasteiger partial charge in [-0.2, -0.15) is 0 Å². The van der Waals surface area contributed by atoms with Gasteiger partial charge in [0.15, 0.2) is 0 Å². The van der Waals surface area contributed by atoms with Gasteiger partial charge in [-0.05, 0) is 61.4 Å². The molecule has 150 valence electrons. The van der Waals surface area contributed by atoms with Crippen molar-refractivity contribution in [3.05, 3.63) is 64.7 Å². The number of halogens is 1. The number of rotatable bonds is 9. The van der Waals surface area contributed by atoms with Gasteiger partial charge in [0.1, 0.15) is 6.04 Å². The molecule has 0 bridgehead atoms. The fraction of sp³-hybridized carbons (Fsp3) is 0.364. The van der Waals surface area contributed by atoms with E-state index in [1.807, 2.05) is 55.5 Å². The zero-order chi connectivity index (χ0) is 20.5. The van der Waals surface area contributed by atoms with E-state index in [0.717, 1.165) is 33.2 Å². The van der Waals surface area contributed by atoms with Gasteiger partial charge in [0, 0.05) is 29.9 Å². The third-order valence-electron chi connectivity index (χ3n) is 4.63. The molecule has 2 rings (SSSR count). The number of thioether (sulfide) groups is 1. The number of hydrogen-bond acceptors (Lipinski definition) is 3. The number of hydrogen-bond donors (Lipinski definition) is 1. The number of carbonyl (C=O) groups is 2. The van der Waals surface area contributed by atoms with Crippen LogP contribution in [0.1, 0.15) is 30.9 Å². The lowest BCUT2D eigenvalue weighted by Gasteiger charge is -2.29. The summed E-state index contributed by atoms with van der Waals surface area (Å²) < 4.78 is 0. The molecule has 0 heterocycles. The van der Waals surface area contributed by atoms with Crippen molar-refractivity contribution in [2.24, 2.45) is 0 Å². The molecule has 6 heteroatoms. The Kier molecular flexibility index (Phi) is 8.87. The van der Waals surface area contributed by atoms with Gasteiger partial charge in [0.05, 0.1) is 0 Å². The predicted octanol–water partition coefficient (Wildman–Crippen LogP) is 4.68. The lowest BCUT2D eigenvalue weighted by molar-refractivity contribution is -0.140. The van der Waals surface area contributed by atoms with Crippen LogP contribution in [0.4, 0.5) is 0 Å². The maximum absolute atomic E-state index is 12.9. The second-order valence-corrected chi connectivity index (χ2v) is 8.25. The highest BCUT2D eigenvalue weighted by Gasteiger charge is 2.25. The molecular formula is C22H27ClN2O2S. The minimum atomic E-state index is -0.513. The monoisotopic (exact) mass is 418 g/mol. The zero-order valence-corrected chi connectivity index (χ0v) is 18.1. The fourth-order valence-electron chi connectivity index (χ4n) is 2.85. The summed E-state index contributed by atoms with van der Waals surface area (Å²) in [5.41, 5.74) is 2.17. The van der Waals surface area contributed by atoms with Crippen LogP contribution in [0, 0.1) is 6.92 Å². The van der Waals surface area contributed by atoms with Crippen LogP contribution >= 0.6 is 23.4 Å². The van der Waals surface area contributed by atoms with Crippen LogP contribution in [0.15, 0.2) is 53.4 Å². The Labute approximate surface area is 176 Å². The number of nitrogens with one attached hydrogen (secondary N) is 1. The highest BCUT2D eigenvalue weighted by molar-refractivity contribution is 7.99. The van der Waals surface area contributed by atoms with Crippen molar-refractivity contribution in [3.8, 4) is 0 Å². The minimum Gasteiger partial charge on any atom is -0.357 e. The molecule has 0 aliphatic heterocycles. The molecule has 1 atom stereocenters. The molecular weight excluding hydrogens is 392 g/mol. The average Bonchev–Trinajstić information content (AvgIpc) is 2.70. The maximum Gasteiger partial charge on any atom is 0.242 e. The van der Waals surface area contributed by atoms with Crippen molar-refractivity contribution in [3.63, 3.8) is 0 Å². The summed E-state index contributed by atoms with van der Waals surface area (Å²) in [6.07, 6.45) is 1.16. The van der Waals surface area contributed by atoms with Crippen LogP contribution in [0.3, 0.4) is 0 Å².